The summed E-state index contributed by atoms with van der Waals surface area (Å²) in [5.41, 5.74) is 0. The molecule has 110 heavy (non-hydrogen) atoms. The average molecular weight is 1610 g/mol. The number of amides is 4. The van der Waals surface area contributed by atoms with Crippen LogP contribution in [0.3, 0.4) is 0 Å². The Labute approximate surface area is 665 Å². The molecule has 0 aliphatic rings. The number of phosphoric acid groups is 2. The molecule has 25 nitrogen and oxygen atoms in total. The quantitative estimate of drug-likeness (QED) is 0.00822. The van der Waals surface area contributed by atoms with Crippen molar-refractivity contribution in [1.29, 1.82) is 0 Å². The molecule has 4 amide bonds. The van der Waals surface area contributed by atoms with E-state index in [1.807, 2.05) is 0 Å². The van der Waals surface area contributed by atoms with Crippen molar-refractivity contribution in [2.75, 3.05) is 65.9 Å². The number of allylic oxidation sites excluding steroid dienone is 4. The van der Waals surface area contributed by atoms with Crippen LogP contribution in [0, 0.1) is 0 Å². The van der Waals surface area contributed by atoms with Crippen LogP contribution in [0.2, 0.25) is 0 Å². The van der Waals surface area contributed by atoms with Gasteiger partial charge in [0.25, 0.3) is 0 Å². The summed E-state index contributed by atoms with van der Waals surface area (Å²) in [4.78, 5) is 91.8. The highest BCUT2D eigenvalue weighted by atomic mass is 31.2. The van der Waals surface area contributed by atoms with Gasteiger partial charge in [0.05, 0.1) is 77.8 Å². The summed E-state index contributed by atoms with van der Waals surface area (Å²) < 4.78 is 83.7. The molecule has 0 spiro atoms. The maximum Gasteiger partial charge on any atom is 0.520 e. The first-order valence-corrected chi connectivity index (χ1v) is 46.5. The van der Waals surface area contributed by atoms with Gasteiger partial charge >= 0.3 is 33.6 Å². The molecule has 0 fully saturated rings. The van der Waals surface area contributed by atoms with Crippen LogP contribution in [-0.2, 0) is 84.2 Å². The van der Waals surface area contributed by atoms with E-state index in [1.54, 1.807) is 0 Å². The van der Waals surface area contributed by atoms with E-state index in [9.17, 15) is 42.7 Å². The van der Waals surface area contributed by atoms with Crippen molar-refractivity contribution < 1.29 is 101 Å². The Balaban J connectivity index is 5.86. The van der Waals surface area contributed by atoms with E-state index in [0.29, 0.717) is 64.2 Å². The third-order valence-electron chi connectivity index (χ3n) is 19.0. The van der Waals surface area contributed by atoms with Gasteiger partial charge in [-0.3, -0.25) is 46.9 Å². The topological polar surface area (TPSA) is 349 Å². The number of phosphoric ester groups is 2. The minimum atomic E-state index is -4.42. The molecule has 0 heterocycles. The summed E-state index contributed by atoms with van der Waals surface area (Å²) in [6.07, 6.45) is 55.3. The molecule has 6 unspecified atom stereocenters. The van der Waals surface area contributed by atoms with Gasteiger partial charge in [0, 0.05) is 51.6 Å². The molecule has 0 aliphatic heterocycles. The lowest BCUT2D eigenvalue weighted by molar-refractivity contribution is -0.643. The lowest BCUT2D eigenvalue weighted by Gasteiger charge is -2.22. The zero-order valence-corrected chi connectivity index (χ0v) is 71.8. The summed E-state index contributed by atoms with van der Waals surface area (Å²) in [5.74, 6) is 4.53. The van der Waals surface area contributed by atoms with Crippen molar-refractivity contribution in [1.82, 2.24) is 21.3 Å². The number of unbranched alkanes of at least 4 members (excludes halogenated alkanes) is 34. The molecule has 0 aromatic rings. The highest BCUT2D eigenvalue weighted by molar-refractivity contribution is 7.48. The third-order valence-corrected chi connectivity index (χ3v) is 21.5. The first-order valence-electron chi connectivity index (χ1n) is 43.6. The average Bonchev–Trinajstić information content (AvgIpc) is 0.895. The molecule has 644 valence electrons. The second-order valence-corrected chi connectivity index (χ2v) is 32.8. The van der Waals surface area contributed by atoms with Crippen LogP contribution in [-0.4, -0.2) is 132 Å². The van der Waals surface area contributed by atoms with Crippen molar-refractivity contribution in [2.45, 2.75) is 400 Å². The predicted octanol–water partition coefficient (Wildman–Crippen LogP) is 18.4. The molecule has 0 radical (unpaired) electrons. The predicted molar refractivity (Wildman–Crippen MR) is 436 cm³/mol. The molecular weight excluding hydrogens is 1450 g/mol. The Bertz CT molecular complexity index is 2260. The minimum Gasteiger partial charge on any atom is -0.462 e. The van der Waals surface area contributed by atoms with Gasteiger partial charge in [0.2, 0.25) is 11.8 Å². The van der Waals surface area contributed by atoms with E-state index in [2.05, 4.69) is 98.9 Å². The zero-order chi connectivity index (χ0) is 80.9. The Morgan fingerprint density at radius 2 is 0.636 bits per heavy atom. The second kappa shape index (κ2) is 77.6. The first kappa shape index (κ1) is 106. The molecule has 27 heteroatoms. The fraction of sp³-hybridized carbons (Fsp3) is 0.867. The van der Waals surface area contributed by atoms with Gasteiger partial charge < -0.3 is 40.2 Å². The number of carbonyl (C=O) groups excluding carboxylic acids is 7. The number of hydrogen-bond donors (Lipinski definition) is 6. The summed E-state index contributed by atoms with van der Waals surface area (Å²) in [7, 11) is -8.84. The number of nitrogens with one attached hydrogen (secondary N) is 4. The van der Waals surface area contributed by atoms with Crippen molar-refractivity contribution >= 4 is 57.0 Å². The Morgan fingerprint density at radius 1 is 0.336 bits per heavy atom. The molecule has 0 aromatic heterocycles. The zero-order valence-electron chi connectivity index (χ0n) is 70.0. The Kier molecular flexibility index (Phi) is 74.8. The van der Waals surface area contributed by atoms with Gasteiger partial charge in [-0.1, -0.05) is 268 Å². The summed E-state index contributed by atoms with van der Waals surface area (Å²) in [6.45, 7) is 11.1. The van der Waals surface area contributed by atoms with Crippen molar-refractivity contribution in [2.24, 2.45) is 0 Å². The Morgan fingerprint density at radius 3 is 0.964 bits per heavy atom. The van der Waals surface area contributed by atoms with Crippen LogP contribution in [0.4, 0.5) is 4.79 Å². The molecule has 0 bridgehead atoms. The molecular formula is C83H160N6O19P2+2. The molecule has 0 saturated heterocycles. The third kappa shape index (κ3) is 69.5. The van der Waals surface area contributed by atoms with Gasteiger partial charge in [-0.25, -0.2) is 25.7 Å². The number of urea groups is 1. The number of Topliss-reactive ketones (excluding diaryl/α,β-unsaturated/α-hetero) is 2. The summed E-state index contributed by atoms with van der Waals surface area (Å²) in [6, 6.07) is -2.57. The number of hydrogen-bond acceptors (Lipinski definition) is 19. The van der Waals surface area contributed by atoms with Crippen LogP contribution < -0.4 is 33.1 Å². The number of quaternary nitrogens is 2. The first-order chi connectivity index (χ1) is 53.4. The van der Waals surface area contributed by atoms with Crippen LogP contribution in [0.1, 0.15) is 375 Å². The van der Waals surface area contributed by atoms with Gasteiger partial charge in [-0.2, -0.15) is 0 Å². The maximum atomic E-state index is 13.7. The molecule has 6 atom stereocenters. The number of rotatable bonds is 84. The summed E-state index contributed by atoms with van der Waals surface area (Å²) in [5, 5.41) is 10.6. The van der Waals surface area contributed by atoms with Crippen molar-refractivity contribution in [3.63, 3.8) is 0 Å². The van der Waals surface area contributed by atoms with E-state index in [4.69, 9.17) is 46.3 Å². The molecule has 10 N–H and O–H groups in total. The van der Waals surface area contributed by atoms with Crippen molar-refractivity contribution in [3.8, 4) is 0 Å². The van der Waals surface area contributed by atoms with Gasteiger partial charge in [-0.05, 0) is 89.9 Å². The van der Waals surface area contributed by atoms with Crippen LogP contribution in [0.25, 0.3) is 0 Å². The number of carbonyl (C=O) groups is 7. The SMILES string of the molecule is CCCCCCC=CCCCC(=O)OC(CCCCCCC)CCOCC(COP(=O)(O[NH3+])OCCNC(=O)NCCOP(=O)(O[NH3+])OCC(COCCC(CCCCCCC)OC(=O)CCCC=CCCCCCC)NC(=O)CC(=O)CCCCCCCCCCC)NC(=O)CC(=O)CCCCCCCCCCC. The molecule has 0 saturated carbocycles. The maximum absolute atomic E-state index is 13.7. The standard InChI is InChI=1S/C83H158N6O19P2/c1-7-13-19-25-29-33-37-43-47-53-75(90)67-79(92)88-73(69-99-63-59-77(55-49-41-23-17-11-5)105-81(94)57-51-45-39-35-31-27-21-15-9-3)71-103-109(97,107-84)101-65-61-86-83(96)87-62-66-102-110(98,108-85)104-72-74(89-80(93)68-76(91)54-48-44-38-34-30-26-20-14-8-2)70-100-64-60-78(56-50-42-24-18-12-6)106-82(95)58-52-46-40-36-32-28-22-16-10-4/h35-36,39-40,73-74,77-78H,7-34,37-38,41-72H2,1-6,84-85H3,(H2-2,86,87,88,89,92,93,96)/p+2. The normalized spacial score (nSPS) is 13.9. The summed E-state index contributed by atoms with van der Waals surface area (Å²) >= 11 is 0. The highest BCUT2D eigenvalue weighted by Crippen LogP contribution is 2.47. The number of ether oxygens (including phenoxy) is 4. The highest BCUT2D eigenvalue weighted by Gasteiger charge is 2.33. The number of esters is 2. The largest absolute Gasteiger partial charge is 0.520 e. The fourth-order valence-electron chi connectivity index (χ4n) is 12.3. The lowest BCUT2D eigenvalue weighted by atomic mass is 10.0. The van der Waals surface area contributed by atoms with E-state index in [0.717, 1.165) is 128 Å². The minimum absolute atomic E-state index is 0.123. The molecule has 0 rings (SSSR count). The van der Waals surface area contributed by atoms with E-state index < -0.39 is 58.8 Å². The van der Waals surface area contributed by atoms with E-state index >= 15 is 0 Å². The van der Waals surface area contributed by atoms with Crippen LogP contribution in [0.5, 0.6) is 0 Å². The van der Waals surface area contributed by atoms with Crippen molar-refractivity contribution in [3.05, 3.63) is 24.3 Å². The lowest BCUT2D eigenvalue weighted by Crippen LogP contribution is -2.48. The Hall–Kier alpha value is -3.97. The van der Waals surface area contributed by atoms with E-state index in [1.165, 1.54) is 116 Å². The van der Waals surface area contributed by atoms with Gasteiger partial charge in [0.1, 0.15) is 23.8 Å². The monoisotopic (exact) mass is 1610 g/mol. The molecule has 0 aliphatic carbocycles. The molecule has 0 aromatic carbocycles. The number of ketones is 2. The van der Waals surface area contributed by atoms with Gasteiger partial charge in [-0.15, -0.1) is 0 Å². The van der Waals surface area contributed by atoms with E-state index in [-0.39, 0.29) is 114 Å². The fourth-order valence-corrected chi connectivity index (χ4v) is 14.1. The van der Waals surface area contributed by atoms with Crippen LogP contribution in [0.15, 0.2) is 24.3 Å². The smallest absolute Gasteiger partial charge is 0.462 e. The second-order valence-electron chi connectivity index (χ2n) is 29.5. The van der Waals surface area contributed by atoms with Crippen LogP contribution >= 0.6 is 15.6 Å². The van der Waals surface area contributed by atoms with Gasteiger partial charge in [0.15, 0.2) is 0 Å².